The van der Waals surface area contributed by atoms with Crippen molar-refractivity contribution in [3.8, 4) is 0 Å². The van der Waals surface area contributed by atoms with Gasteiger partial charge in [0.2, 0.25) is 5.78 Å². The first-order valence-electron chi connectivity index (χ1n) is 8.93. The first kappa shape index (κ1) is 18.4. The van der Waals surface area contributed by atoms with Gasteiger partial charge in [0.05, 0.1) is 11.5 Å². The Balaban J connectivity index is 1.65. The molecule has 0 bridgehead atoms. The van der Waals surface area contributed by atoms with Crippen molar-refractivity contribution in [2.24, 2.45) is 7.05 Å². The van der Waals surface area contributed by atoms with Crippen molar-refractivity contribution in [3.63, 3.8) is 0 Å². The summed E-state index contributed by atoms with van der Waals surface area (Å²) in [6.07, 6.45) is 3.16. The van der Waals surface area contributed by atoms with Crippen LogP contribution < -0.4 is 4.90 Å². The standard InChI is InChI=1S/C21H18N4O4/c1-23-10-9-22-21(23)20(26)15-7-8-17(18(12-15)25(27)28)24(2)13-16-11-14-5-3-4-6-19(14)29-16/h3-12H,13H2,1-2H3. The Morgan fingerprint density at radius 1 is 1.24 bits per heavy atom. The maximum atomic E-state index is 12.6. The monoisotopic (exact) mass is 390 g/mol. The lowest BCUT2D eigenvalue weighted by molar-refractivity contribution is -0.384. The first-order valence-corrected chi connectivity index (χ1v) is 8.93. The predicted molar refractivity (Wildman–Crippen MR) is 108 cm³/mol. The normalized spacial score (nSPS) is 11.0. The van der Waals surface area contributed by atoms with E-state index in [-0.39, 0.29) is 22.9 Å². The highest BCUT2D eigenvalue weighted by molar-refractivity contribution is 6.07. The van der Waals surface area contributed by atoms with Crippen LogP contribution in [0.4, 0.5) is 11.4 Å². The lowest BCUT2D eigenvalue weighted by Crippen LogP contribution is -2.18. The van der Waals surface area contributed by atoms with Crippen molar-refractivity contribution in [3.05, 3.63) is 88.2 Å². The molecule has 0 saturated carbocycles. The van der Waals surface area contributed by atoms with E-state index in [0.29, 0.717) is 18.0 Å². The summed E-state index contributed by atoms with van der Waals surface area (Å²) in [5.74, 6) is 0.547. The molecule has 4 aromatic rings. The van der Waals surface area contributed by atoms with Gasteiger partial charge in [-0.1, -0.05) is 18.2 Å². The van der Waals surface area contributed by atoms with Gasteiger partial charge in [0.15, 0.2) is 5.82 Å². The van der Waals surface area contributed by atoms with Crippen molar-refractivity contribution in [1.82, 2.24) is 9.55 Å². The number of hydrogen-bond acceptors (Lipinski definition) is 6. The topological polar surface area (TPSA) is 94.4 Å². The molecule has 0 radical (unpaired) electrons. The third kappa shape index (κ3) is 3.47. The van der Waals surface area contributed by atoms with Crippen molar-refractivity contribution >= 4 is 28.1 Å². The summed E-state index contributed by atoms with van der Waals surface area (Å²) in [6.45, 7) is 0.349. The molecule has 4 rings (SSSR count). The number of nitro groups is 1. The number of ketones is 1. The van der Waals surface area contributed by atoms with Gasteiger partial charge >= 0.3 is 0 Å². The molecule has 0 N–H and O–H groups in total. The quantitative estimate of drug-likeness (QED) is 0.281. The molecule has 0 aliphatic carbocycles. The Morgan fingerprint density at radius 3 is 2.72 bits per heavy atom. The van der Waals surface area contributed by atoms with Gasteiger partial charge in [0, 0.05) is 43.5 Å². The Morgan fingerprint density at radius 2 is 2.03 bits per heavy atom. The summed E-state index contributed by atoms with van der Waals surface area (Å²) in [5.41, 5.74) is 1.23. The second kappa shape index (κ2) is 7.23. The fraction of sp³-hybridized carbons (Fsp3) is 0.143. The van der Waals surface area contributed by atoms with E-state index in [1.54, 1.807) is 41.9 Å². The minimum atomic E-state index is -0.486. The van der Waals surface area contributed by atoms with E-state index >= 15 is 0 Å². The number of fused-ring (bicyclic) bond motifs is 1. The van der Waals surface area contributed by atoms with E-state index in [9.17, 15) is 14.9 Å². The highest BCUT2D eigenvalue weighted by Crippen LogP contribution is 2.31. The third-order valence-corrected chi connectivity index (χ3v) is 4.74. The molecule has 0 amide bonds. The number of nitrogens with zero attached hydrogens (tertiary/aromatic N) is 4. The van der Waals surface area contributed by atoms with E-state index < -0.39 is 4.92 Å². The Labute approximate surface area is 166 Å². The SMILES string of the molecule is CN(Cc1cc2ccccc2o1)c1ccc(C(=O)c2nccn2C)cc1[N+](=O)[O-]. The number of para-hydroxylation sites is 1. The lowest BCUT2D eigenvalue weighted by atomic mass is 10.1. The maximum absolute atomic E-state index is 12.6. The van der Waals surface area contributed by atoms with Crippen LogP contribution in [0.2, 0.25) is 0 Å². The van der Waals surface area contributed by atoms with Crippen molar-refractivity contribution in [2.75, 3.05) is 11.9 Å². The van der Waals surface area contributed by atoms with Gasteiger partial charge in [-0.25, -0.2) is 4.98 Å². The van der Waals surface area contributed by atoms with Gasteiger partial charge in [-0.15, -0.1) is 0 Å². The predicted octanol–water partition coefficient (Wildman–Crippen LogP) is 3.94. The van der Waals surface area contributed by atoms with Crippen LogP contribution in [0.5, 0.6) is 0 Å². The summed E-state index contributed by atoms with van der Waals surface area (Å²) in [4.78, 5) is 29.6. The molecule has 2 aromatic heterocycles. The van der Waals surface area contributed by atoms with Gasteiger partial charge in [-0.05, 0) is 24.3 Å². The minimum absolute atomic E-state index is 0.149. The van der Waals surface area contributed by atoms with Gasteiger partial charge in [0.1, 0.15) is 17.0 Å². The second-order valence-corrected chi connectivity index (χ2v) is 6.76. The molecule has 0 fully saturated rings. The van der Waals surface area contributed by atoms with Crippen LogP contribution in [0.15, 0.2) is 65.3 Å². The molecule has 2 aromatic carbocycles. The number of furan rings is 1. The van der Waals surface area contributed by atoms with Gasteiger partial charge in [0.25, 0.3) is 5.69 Å². The Bertz CT molecular complexity index is 1190. The zero-order valence-electron chi connectivity index (χ0n) is 15.9. The fourth-order valence-electron chi connectivity index (χ4n) is 3.28. The molecule has 0 aliphatic heterocycles. The fourth-order valence-corrected chi connectivity index (χ4v) is 3.28. The number of nitro benzene ring substituents is 1. The van der Waals surface area contributed by atoms with Crippen molar-refractivity contribution in [1.29, 1.82) is 0 Å². The van der Waals surface area contributed by atoms with Crippen LogP contribution in [0.3, 0.4) is 0 Å². The number of carbonyl (C=O) groups is 1. The maximum Gasteiger partial charge on any atom is 0.293 e. The molecule has 146 valence electrons. The zero-order valence-corrected chi connectivity index (χ0v) is 15.9. The minimum Gasteiger partial charge on any atom is -0.459 e. The van der Waals surface area contributed by atoms with Gasteiger partial charge in [-0.3, -0.25) is 14.9 Å². The lowest BCUT2D eigenvalue weighted by Gasteiger charge is -2.18. The average molecular weight is 390 g/mol. The third-order valence-electron chi connectivity index (χ3n) is 4.74. The van der Waals surface area contributed by atoms with E-state index in [4.69, 9.17) is 4.42 Å². The van der Waals surface area contributed by atoms with Crippen LogP contribution in [-0.2, 0) is 13.6 Å². The highest BCUT2D eigenvalue weighted by Gasteiger charge is 2.23. The summed E-state index contributed by atoms with van der Waals surface area (Å²) < 4.78 is 7.39. The van der Waals surface area contributed by atoms with E-state index in [2.05, 4.69) is 4.98 Å². The number of carbonyl (C=O) groups excluding carboxylic acids is 1. The molecule has 8 nitrogen and oxygen atoms in total. The van der Waals surface area contributed by atoms with Crippen LogP contribution in [-0.4, -0.2) is 27.3 Å². The molecular weight excluding hydrogens is 372 g/mol. The molecule has 0 spiro atoms. The Hall–Kier alpha value is -3.94. The number of benzene rings is 2. The number of imidazole rings is 1. The van der Waals surface area contributed by atoms with Gasteiger partial charge in [-0.2, -0.15) is 0 Å². The van der Waals surface area contributed by atoms with Crippen LogP contribution in [0.25, 0.3) is 11.0 Å². The summed E-state index contributed by atoms with van der Waals surface area (Å²) in [5, 5.41) is 12.6. The molecule has 0 unspecified atom stereocenters. The van der Waals surface area contributed by atoms with E-state index in [1.807, 2.05) is 30.3 Å². The van der Waals surface area contributed by atoms with Crippen LogP contribution in [0.1, 0.15) is 21.9 Å². The number of anilines is 1. The molecule has 2 heterocycles. The molecular formula is C21H18N4O4. The van der Waals surface area contributed by atoms with E-state index in [1.165, 1.54) is 12.3 Å². The van der Waals surface area contributed by atoms with Crippen molar-refractivity contribution in [2.45, 2.75) is 6.54 Å². The largest absolute Gasteiger partial charge is 0.459 e. The van der Waals surface area contributed by atoms with E-state index in [0.717, 1.165) is 11.0 Å². The average Bonchev–Trinajstić information content (AvgIpc) is 3.32. The number of aryl methyl sites for hydroxylation is 1. The Kier molecular flexibility index (Phi) is 4.59. The molecule has 0 atom stereocenters. The zero-order chi connectivity index (χ0) is 20.5. The number of aromatic nitrogens is 2. The smallest absolute Gasteiger partial charge is 0.293 e. The summed E-state index contributed by atoms with van der Waals surface area (Å²) in [7, 11) is 3.44. The van der Waals surface area contributed by atoms with Crippen LogP contribution >= 0.6 is 0 Å². The molecule has 0 saturated heterocycles. The summed E-state index contributed by atoms with van der Waals surface area (Å²) >= 11 is 0. The molecule has 8 heteroatoms. The first-order chi connectivity index (χ1) is 13.9. The molecule has 0 aliphatic rings. The van der Waals surface area contributed by atoms with Gasteiger partial charge < -0.3 is 13.9 Å². The number of hydrogen-bond donors (Lipinski definition) is 0. The highest BCUT2D eigenvalue weighted by atomic mass is 16.6. The van der Waals surface area contributed by atoms with Crippen molar-refractivity contribution < 1.29 is 14.1 Å². The second-order valence-electron chi connectivity index (χ2n) is 6.76. The number of rotatable bonds is 6. The summed E-state index contributed by atoms with van der Waals surface area (Å²) in [6, 6.07) is 14.0. The molecule has 29 heavy (non-hydrogen) atoms. The van der Waals surface area contributed by atoms with Crippen LogP contribution in [0, 0.1) is 10.1 Å².